The van der Waals surface area contributed by atoms with Crippen LogP contribution in [0.2, 0.25) is 0 Å². The highest BCUT2D eigenvalue weighted by Gasteiger charge is 2.10. The number of fused-ring (bicyclic) bond motifs is 1. The molecule has 18 heavy (non-hydrogen) atoms. The van der Waals surface area contributed by atoms with E-state index in [1.165, 1.54) is 44.5 Å². The van der Waals surface area contributed by atoms with Gasteiger partial charge in [-0.25, -0.2) is 4.98 Å². The van der Waals surface area contributed by atoms with Gasteiger partial charge in [-0.2, -0.15) is 0 Å². The van der Waals surface area contributed by atoms with Gasteiger partial charge in [-0.3, -0.25) is 0 Å². The maximum absolute atomic E-state index is 5.63. The first-order chi connectivity index (χ1) is 8.86. The minimum Gasteiger partial charge on any atom is -0.370 e. The van der Waals surface area contributed by atoms with Crippen molar-refractivity contribution in [3.63, 3.8) is 0 Å². The van der Waals surface area contributed by atoms with Crippen LogP contribution in [0.3, 0.4) is 0 Å². The summed E-state index contributed by atoms with van der Waals surface area (Å²) in [6.45, 7) is 2.84. The Hall–Kier alpha value is -1.55. The van der Waals surface area contributed by atoms with E-state index in [1.807, 2.05) is 6.20 Å². The minimum absolute atomic E-state index is 0.501. The van der Waals surface area contributed by atoms with Gasteiger partial charge in [0.1, 0.15) is 5.65 Å². The van der Waals surface area contributed by atoms with Crippen molar-refractivity contribution in [2.45, 2.75) is 32.2 Å². The van der Waals surface area contributed by atoms with Crippen molar-refractivity contribution in [3.8, 4) is 0 Å². The SMILES string of the molecule is NCc1cn2cc(N3CCCCCC3)ccc2n1. The highest BCUT2D eigenvalue weighted by Crippen LogP contribution is 2.20. The number of hydrogen-bond acceptors (Lipinski definition) is 3. The van der Waals surface area contributed by atoms with Crippen LogP contribution in [0, 0.1) is 0 Å². The Morgan fingerprint density at radius 3 is 2.56 bits per heavy atom. The zero-order valence-corrected chi connectivity index (χ0v) is 10.7. The van der Waals surface area contributed by atoms with Crippen molar-refractivity contribution >= 4 is 11.3 Å². The van der Waals surface area contributed by atoms with E-state index in [2.05, 4.69) is 32.6 Å². The fraction of sp³-hybridized carbons (Fsp3) is 0.500. The van der Waals surface area contributed by atoms with Gasteiger partial charge in [0, 0.05) is 32.0 Å². The number of pyridine rings is 1. The Kier molecular flexibility index (Phi) is 3.19. The number of imidazole rings is 1. The molecule has 0 unspecified atom stereocenters. The van der Waals surface area contributed by atoms with E-state index in [-0.39, 0.29) is 0 Å². The van der Waals surface area contributed by atoms with Crippen molar-refractivity contribution in [2.75, 3.05) is 18.0 Å². The summed E-state index contributed by atoms with van der Waals surface area (Å²) in [6, 6.07) is 4.26. The molecule has 1 aliphatic rings. The smallest absolute Gasteiger partial charge is 0.137 e. The zero-order valence-electron chi connectivity index (χ0n) is 10.7. The monoisotopic (exact) mass is 244 g/mol. The lowest BCUT2D eigenvalue weighted by molar-refractivity contribution is 0.726. The Morgan fingerprint density at radius 1 is 1.06 bits per heavy atom. The quantitative estimate of drug-likeness (QED) is 0.880. The molecular weight excluding hydrogens is 224 g/mol. The summed E-state index contributed by atoms with van der Waals surface area (Å²) in [4.78, 5) is 6.94. The van der Waals surface area contributed by atoms with Crippen molar-refractivity contribution in [3.05, 3.63) is 30.2 Å². The summed E-state index contributed by atoms with van der Waals surface area (Å²) in [7, 11) is 0. The van der Waals surface area contributed by atoms with Crippen LogP contribution in [0.25, 0.3) is 5.65 Å². The maximum atomic E-state index is 5.63. The molecular formula is C14H20N4. The van der Waals surface area contributed by atoms with Gasteiger partial charge in [-0.15, -0.1) is 0 Å². The van der Waals surface area contributed by atoms with Crippen molar-refractivity contribution in [1.82, 2.24) is 9.38 Å². The molecule has 4 heteroatoms. The Labute approximate surface area is 107 Å². The molecule has 0 amide bonds. The molecule has 0 aliphatic carbocycles. The van der Waals surface area contributed by atoms with E-state index in [1.54, 1.807) is 0 Å². The first kappa shape index (κ1) is 11.5. The highest BCUT2D eigenvalue weighted by atomic mass is 15.1. The summed E-state index contributed by atoms with van der Waals surface area (Å²) in [5, 5.41) is 0. The minimum atomic E-state index is 0.501. The van der Waals surface area contributed by atoms with Crippen LogP contribution in [-0.2, 0) is 6.54 Å². The molecule has 2 N–H and O–H groups in total. The second-order valence-corrected chi connectivity index (χ2v) is 4.99. The molecule has 0 saturated carbocycles. The first-order valence-electron chi connectivity index (χ1n) is 6.79. The van der Waals surface area contributed by atoms with Crippen LogP contribution in [0.1, 0.15) is 31.4 Å². The summed E-state index contributed by atoms with van der Waals surface area (Å²) in [5.74, 6) is 0. The van der Waals surface area contributed by atoms with Crippen molar-refractivity contribution < 1.29 is 0 Å². The van der Waals surface area contributed by atoms with Gasteiger partial charge in [-0.05, 0) is 25.0 Å². The molecule has 3 rings (SSSR count). The maximum Gasteiger partial charge on any atom is 0.137 e. The number of nitrogens with two attached hydrogens (primary N) is 1. The third-order valence-electron chi connectivity index (χ3n) is 3.67. The van der Waals surface area contributed by atoms with Gasteiger partial charge in [0.15, 0.2) is 0 Å². The molecule has 1 aliphatic heterocycles. The van der Waals surface area contributed by atoms with E-state index in [4.69, 9.17) is 5.73 Å². The highest BCUT2D eigenvalue weighted by molar-refractivity contribution is 5.52. The molecule has 1 fully saturated rings. The van der Waals surface area contributed by atoms with Crippen LogP contribution in [-0.4, -0.2) is 22.5 Å². The van der Waals surface area contributed by atoms with Gasteiger partial charge >= 0.3 is 0 Å². The molecule has 2 aromatic heterocycles. The molecule has 4 nitrogen and oxygen atoms in total. The number of aromatic nitrogens is 2. The predicted molar refractivity (Wildman–Crippen MR) is 73.8 cm³/mol. The fourth-order valence-corrected chi connectivity index (χ4v) is 2.65. The Morgan fingerprint density at radius 2 is 1.83 bits per heavy atom. The van der Waals surface area contributed by atoms with Gasteiger partial charge < -0.3 is 15.0 Å². The number of rotatable bonds is 2. The van der Waals surface area contributed by atoms with Gasteiger partial charge in [0.2, 0.25) is 0 Å². The first-order valence-corrected chi connectivity index (χ1v) is 6.79. The molecule has 0 spiro atoms. The standard InChI is InChI=1S/C14H20N4/c15-9-12-10-18-11-13(5-6-14(18)16-12)17-7-3-1-2-4-8-17/h5-6,10-11H,1-4,7-9,15H2. The van der Waals surface area contributed by atoms with Crippen molar-refractivity contribution in [1.29, 1.82) is 0 Å². The molecule has 96 valence electrons. The normalized spacial score (nSPS) is 17.1. The van der Waals surface area contributed by atoms with Crippen LogP contribution in [0.4, 0.5) is 5.69 Å². The second-order valence-electron chi connectivity index (χ2n) is 4.99. The van der Waals surface area contributed by atoms with Gasteiger partial charge in [-0.1, -0.05) is 12.8 Å². The lowest BCUT2D eigenvalue weighted by Crippen LogP contribution is -2.23. The molecule has 0 radical (unpaired) electrons. The van der Waals surface area contributed by atoms with Crippen LogP contribution in [0.5, 0.6) is 0 Å². The van der Waals surface area contributed by atoms with Crippen LogP contribution in [0.15, 0.2) is 24.5 Å². The molecule has 3 heterocycles. The van der Waals surface area contributed by atoms with Crippen LogP contribution < -0.4 is 10.6 Å². The lowest BCUT2D eigenvalue weighted by Gasteiger charge is -2.22. The molecule has 0 aromatic carbocycles. The van der Waals surface area contributed by atoms with E-state index >= 15 is 0 Å². The van der Waals surface area contributed by atoms with Crippen molar-refractivity contribution in [2.24, 2.45) is 5.73 Å². The molecule has 0 atom stereocenters. The third-order valence-corrected chi connectivity index (χ3v) is 3.67. The summed E-state index contributed by atoms with van der Waals surface area (Å²) in [6.07, 6.45) is 9.53. The average molecular weight is 244 g/mol. The van der Waals surface area contributed by atoms with Gasteiger partial charge in [0.05, 0.1) is 11.4 Å². The third kappa shape index (κ3) is 2.20. The second kappa shape index (κ2) is 4.98. The summed E-state index contributed by atoms with van der Waals surface area (Å²) >= 11 is 0. The topological polar surface area (TPSA) is 46.6 Å². The largest absolute Gasteiger partial charge is 0.370 e. The Bertz CT molecular complexity index is 524. The van der Waals surface area contributed by atoms with Crippen LogP contribution >= 0.6 is 0 Å². The summed E-state index contributed by atoms with van der Waals surface area (Å²) < 4.78 is 2.09. The fourth-order valence-electron chi connectivity index (χ4n) is 2.65. The van der Waals surface area contributed by atoms with E-state index in [0.717, 1.165) is 11.3 Å². The number of nitrogens with zero attached hydrogens (tertiary/aromatic N) is 3. The number of anilines is 1. The molecule has 0 bridgehead atoms. The zero-order chi connectivity index (χ0) is 12.4. The van der Waals surface area contributed by atoms with E-state index in [0.29, 0.717) is 6.54 Å². The molecule has 2 aromatic rings. The lowest BCUT2D eigenvalue weighted by atomic mass is 10.2. The summed E-state index contributed by atoms with van der Waals surface area (Å²) in [5.41, 5.74) is 8.85. The predicted octanol–water partition coefficient (Wildman–Crippen LogP) is 2.17. The Balaban J connectivity index is 1.91. The van der Waals surface area contributed by atoms with Gasteiger partial charge in [0.25, 0.3) is 0 Å². The number of hydrogen-bond donors (Lipinski definition) is 1. The van der Waals surface area contributed by atoms with E-state index < -0.39 is 0 Å². The average Bonchev–Trinajstić information content (AvgIpc) is 2.62. The molecule has 1 saturated heterocycles. The van der Waals surface area contributed by atoms with E-state index in [9.17, 15) is 0 Å².